The van der Waals surface area contributed by atoms with Crippen LogP contribution in [0.3, 0.4) is 0 Å². The Morgan fingerprint density at radius 3 is 2.54 bits per heavy atom. The Bertz CT molecular complexity index is 1080. The van der Waals surface area contributed by atoms with Crippen LogP contribution in [0.5, 0.6) is 0 Å². The van der Waals surface area contributed by atoms with Gasteiger partial charge in [-0.05, 0) is 66.6 Å². The second-order valence-corrected chi connectivity index (χ2v) is 6.27. The van der Waals surface area contributed by atoms with Crippen molar-refractivity contribution in [3.05, 3.63) is 76.5 Å². The van der Waals surface area contributed by atoms with Crippen molar-refractivity contribution in [2.24, 2.45) is 0 Å². The lowest BCUT2D eigenvalue weighted by Gasteiger charge is -2.13. The molecule has 1 aromatic heterocycles. The molecule has 0 spiro atoms. The van der Waals surface area contributed by atoms with Crippen LogP contribution in [-0.4, -0.2) is 9.97 Å². The fourth-order valence-corrected chi connectivity index (χ4v) is 2.85. The highest BCUT2D eigenvalue weighted by Gasteiger charge is 2.08. The maximum absolute atomic E-state index is 8.87. The molecule has 0 atom stereocenters. The molecule has 3 aromatic rings. The molecule has 7 heteroatoms. The molecule has 0 fully saturated rings. The Labute approximate surface area is 167 Å². The molecule has 3 rings (SSSR count). The summed E-state index contributed by atoms with van der Waals surface area (Å²) < 4.78 is 0. The first kappa shape index (κ1) is 18.9. The molecule has 0 bridgehead atoms. The normalized spacial score (nSPS) is 10.3. The first-order chi connectivity index (χ1) is 13.6. The minimum Gasteiger partial charge on any atom is -0.339 e. The van der Waals surface area contributed by atoms with Crippen molar-refractivity contribution in [2.45, 2.75) is 6.92 Å². The Balaban J connectivity index is 1.80. The van der Waals surface area contributed by atoms with Crippen molar-refractivity contribution >= 4 is 40.8 Å². The number of aromatic nitrogens is 2. The molecule has 0 amide bonds. The van der Waals surface area contributed by atoms with Crippen LogP contribution in [0.2, 0.25) is 5.02 Å². The molecular formula is C21H15ClN6. The largest absolute Gasteiger partial charge is 0.339 e. The SMILES string of the molecule is Cc1cc(/C=C/C#N)cc(Cl)c1Nc1ccnc(Nc2ccc(C#N)cc2)n1. The van der Waals surface area contributed by atoms with Gasteiger partial charge in [0, 0.05) is 18.0 Å². The van der Waals surface area contributed by atoms with Crippen LogP contribution in [0.25, 0.3) is 6.08 Å². The van der Waals surface area contributed by atoms with Crippen LogP contribution in [0, 0.1) is 29.6 Å². The van der Waals surface area contributed by atoms with Gasteiger partial charge >= 0.3 is 0 Å². The van der Waals surface area contributed by atoms with E-state index in [0.717, 1.165) is 22.5 Å². The highest BCUT2D eigenvalue weighted by molar-refractivity contribution is 6.33. The topological polar surface area (TPSA) is 97.4 Å². The standard InChI is InChI=1S/C21H15ClN6/c1-14-11-16(3-2-9-23)12-18(22)20(14)27-19-8-10-25-21(28-19)26-17-6-4-15(13-24)5-7-17/h2-8,10-12H,1H3,(H2,25,26,27,28)/b3-2+. The summed E-state index contributed by atoms with van der Waals surface area (Å²) in [5, 5.41) is 24.4. The van der Waals surface area contributed by atoms with Crippen molar-refractivity contribution in [1.82, 2.24) is 9.97 Å². The molecule has 28 heavy (non-hydrogen) atoms. The van der Waals surface area contributed by atoms with Gasteiger partial charge in [0.05, 0.1) is 28.4 Å². The van der Waals surface area contributed by atoms with Gasteiger partial charge < -0.3 is 10.6 Å². The zero-order valence-electron chi connectivity index (χ0n) is 14.9. The molecule has 0 aliphatic rings. The monoisotopic (exact) mass is 386 g/mol. The summed E-state index contributed by atoms with van der Waals surface area (Å²) in [7, 11) is 0. The molecule has 6 nitrogen and oxygen atoms in total. The lowest BCUT2D eigenvalue weighted by molar-refractivity contribution is 1.16. The smallest absolute Gasteiger partial charge is 0.229 e. The van der Waals surface area contributed by atoms with Crippen LogP contribution in [0.15, 0.2) is 54.7 Å². The predicted molar refractivity (Wildman–Crippen MR) is 111 cm³/mol. The lowest BCUT2D eigenvalue weighted by atomic mass is 10.1. The number of nitriles is 2. The van der Waals surface area contributed by atoms with Gasteiger partial charge in [-0.3, -0.25) is 0 Å². The lowest BCUT2D eigenvalue weighted by Crippen LogP contribution is -2.02. The number of halogens is 1. The summed E-state index contributed by atoms with van der Waals surface area (Å²) >= 11 is 6.40. The van der Waals surface area contributed by atoms with Crippen LogP contribution in [0.1, 0.15) is 16.7 Å². The third-order valence-electron chi connectivity index (χ3n) is 3.84. The molecule has 0 aliphatic carbocycles. The van der Waals surface area contributed by atoms with Crippen LogP contribution in [-0.2, 0) is 0 Å². The van der Waals surface area contributed by atoms with E-state index in [1.807, 2.05) is 19.1 Å². The highest BCUT2D eigenvalue weighted by Crippen LogP contribution is 2.30. The molecule has 2 N–H and O–H groups in total. The van der Waals surface area contributed by atoms with Gasteiger partial charge in [0.15, 0.2) is 0 Å². The molecule has 0 saturated carbocycles. The van der Waals surface area contributed by atoms with Crippen molar-refractivity contribution in [3.63, 3.8) is 0 Å². The van der Waals surface area contributed by atoms with Crippen LogP contribution in [0.4, 0.5) is 23.1 Å². The summed E-state index contributed by atoms with van der Waals surface area (Å²) in [4.78, 5) is 8.66. The summed E-state index contributed by atoms with van der Waals surface area (Å²) in [6.07, 6.45) is 4.74. The fraction of sp³-hybridized carbons (Fsp3) is 0.0476. The van der Waals surface area contributed by atoms with Gasteiger partial charge in [-0.2, -0.15) is 15.5 Å². The summed E-state index contributed by atoms with van der Waals surface area (Å²) in [6, 6.07) is 16.5. The molecule has 0 aliphatic heterocycles. The van der Waals surface area contributed by atoms with Crippen molar-refractivity contribution in [2.75, 3.05) is 10.6 Å². The third kappa shape index (κ3) is 4.64. The van der Waals surface area contributed by atoms with Gasteiger partial charge in [-0.25, -0.2) is 4.98 Å². The Kier molecular flexibility index (Phi) is 5.86. The maximum Gasteiger partial charge on any atom is 0.229 e. The van der Waals surface area contributed by atoms with E-state index in [4.69, 9.17) is 22.1 Å². The number of allylic oxidation sites excluding steroid dienone is 1. The third-order valence-corrected chi connectivity index (χ3v) is 4.14. The average molecular weight is 387 g/mol. The zero-order chi connectivity index (χ0) is 19.9. The van der Waals surface area contributed by atoms with Crippen molar-refractivity contribution in [3.8, 4) is 12.1 Å². The number of anilines is 4. The summed E-state index contributed by atoms with van der Waals surface area (Å²) in [6.45, 7) is 1.93. The molecule has 2 aromatic carbocycles. The van der Waals surface area contributed by atoms with E-state index < -0.39 is 0 Å². The molecular weight excluding hydrogens is 372 g/mol. The summed E-state index contributed by atoms with van der Waals surface area (Å²) in [5.41, 5.74) is 3.86. The molecule has 0 saturated heterocycles. The molecule has 1 heterocycles. The van der Waals surface area contributed by atoms with Crippen molar-refractivity contribution < 1.29 is 0 Å². The van der Waals surface area contributed by atoms with E-state index in [9.17, 15) is 0 Å². The van der Waals surface area contributed by atoms with Crippen LogP contribution >= 0.6 is 11.6 Å². The molecule has 0 unspecified atom stereocenters. The molecule has 0 radical (unpaired) electrons. The Hall–Kier alpha value is -3.87. The number of hydrogen-bond donors (Lipinski definition) is 2. The van der Waals surface area contributed by atoms with Crippen molar-refractivity contribution in [1.29, 1.82) is 10.5 Å². The van der Waals surface area contributed by atoms with Gasteiger partial charge in [0.25, 0.3) is 0 Å². The second kappa shape index (κ2) is 8.68. The first-order valence-electron chi connectivity index (χ1n) is 8.32. The minimum atomic E-state index is 0.414. The van der Waals surface area contributed by atoms with E-state index in [1.165, 1.54) is 6.08 Å². The Morgan fingerprint density at radius 1 is 1.07 bits per heavy atom. The van der Waals surface area contributed by atoms with Gasteiger partial charge in [0.1, 0.15) is 5.82 Å². The van der Waals surface area contributed by atoms with Gasteiger partial charge in [-0.1, -0.05) is 11.6 Å². The number of rotatable bonds is 5. The van der Waals surface area contributed by atoms with E-state index in [-0.39, 0.29) is 0 Å². The Morgan fingerprint density at radius 2 is 1.86 bits per heavy atom. The molecule has 136 valence electrons. The fourth-order valence-electron chi connectivity index (χ4n) is 2.53. The minimum absolute atomic E-state index is 0.414. The first-order valence-corrected chi connectivity index (χ1v) is 8.70. The van der Waals surface area contributed by atoms with Gasteiger partial charge in [0.2, 0.25) is 5.95 Å². The van der Waals surface area contributed by atoms with E-state index in [0.29, 0.717) is 22.4 Å². The average Bonchev–Trinajstić information content (AvgIpc) is 2.70. The number of nitrogens with one attached hydrogen (secondary N) is 2. The second-order valence-electron chi connectivity index (χ2n) is 5.86. The van der Waals surface area contributed by atoms with E-state index in [1.54, 1.807) is 48.7 Å². The highest BCUT2D eigenvalue weighted by atomic mass is 35.5. The van der Waals surface area contributed by atoms with Crippen LogP contribution < -0.4 is 10.6 Å². The summed E-state index contributed by atoms with van der Waals surface area (Å²) in [5.74, 6) is 0.994. The number of hydrogen-bond acceptors (Lipinski definition) is 6. The quantitative estimate of drug-likeness (QED) is 0.575. The zero-order valence-corrected chi connectivity index (χ0v) is 15.7. The number of nitrogens with zero attached hydrogens (tertiary/aromatic N) is 4. The number of aryl methyl sites for hydroxylation is 1. The maximum atomic E-state index is 8.87. The van der Waals surface area contributed by atoms with E-state index >= 15 is 0 Å². The van der Waals surface area contributed by atoms with E-state index in [2.05, 4.69) is 26.7 Å². The predicted octanol–water partition coefficient (Wildman–Crippen LogP) is 5.33. The van der Waals surface area contributed by atoms with Gasteiger partial charge in [-0.15, -0.1) is 0 Å². The number of benzene rings is 2.